The molecule has 1 aliphatic rings. The molecule has 8 aromatic carbocycles. The molecular formula is C49H35NO. The molecule has 2 nitrogen and oxygen atoms in total. The molecule has 51 heavy (non-hydrogen) atoms. The highest BCUT2D eigenvalue weighted by atomic mass is 16.3. The van der Waals surface area contributed by atoms with Crippen LogP contribution in [0.4, 0.5) is 17.1 Å². The lowest BCUT2D eigenvalue weighted by molar-refractivity contribution is 0.660. The molecule has 2 heteroatoms. The van der Waals surface area contributed by atoms with Crippen LogP contribution in [-0.4, -0.2) is 0 Å². The Morgan fingerprint density at radius 3 is 1.84 bits per heavy atom. The van der Waals surface area contributed by atoms with Crippen LogP contribution in [0.15, 0.2) is 180 Å². The number of anilines is 3. The minimum atomic E-state index is -0.0920. The van der Waals surface area contributed by atoms with Crippen LogP contribution < -0.4 is 4.90 Å². The van der Waals surface area contributed by atoms with E-state index in [1.54, 1.807) is 0 Å². The van der Waals surface area contributed by atoms with Crippen molar-refractivity contribution in [2.45, 2.75) is 19.3 Å². The largest absolute Gasteiger partial charge is 0.455 e. The lowest BCUT2D eigenvalue weighted by Gasteiger charge is -2.28. The minimum Gasteiger partial charge on any atom is -0.455 e. The van der Waals surface area contributed by atoms with Crippen LogP contribution in [-0.2, 0) is 5.41 Å². The van der Waals surface area contributed by atoms with Crippen molar-refractivity contribution in [3.05, 3.63) is 187 Å². The molecule has 9 aromatic rings. The second-order valence-electron chi connectivity index (χ2n) is 14.1. The highest BCUT2D eigenvalue weighted by Crippen LogP contribution is 2.51. The maximum absolute atomic E-state index is 6.59. The topological polar surface area (TPSA) is 16.4 Å². The number of hydrogen-bond acceptors (Lipinski definition) is 2. The van der Waals surface area contributed by atoms with Crippen LogP contribution in [0.1, 0.15) is 25.0 Å². The smallest absolute Gasteiger partial charge is 0.143 e. The van der Waals surface area contributed by atoms with Gasteiger partial charge in [0, 0.05) is 38.8 Å². The first kappa shape index (κ1) is 29.5. The van der Waals surface area contributed by atoms with E-state index in [0.29, 0.717) is 0 Å². The van der Waals surface area contributed by atoms with E-state index in [1.807, 2.05) is 0 Å². The molecule has 0 saturated heterocycles. The van der Waals surface area contributed by atoms with Gasteiger partial charge in [-0.25, -0.2) is 0 Å². The Morgan fingerprint density at radius 1 is 0.431 bits per heavy atom. The summed E-state index contributed by atoms with van der Waals surface area (Å²) < 4.78 is 6.59. The van der Waals surface area contributed by atoms with E-state index in [4.69, 9.17) is 4.42 Å². The first-order valence-corrected chi connectivity index (χ1v) is 17.7. The molecular weight excluding hydrogens is 619 g/mol. The number of benzene rings is 8. The fourth-order valence-corrected chi connectivity index (χ4v) is 8.30. The quantitative estimate of drug-likeness (QED) is 0.184. The fourth-order valence-electron chi connectivity index (χ4n) is 8.30. The first-order valence-electron chi connectivity index (χ1n) is 17.7. The van der Waals surface area contributed by atoms with Crippen LogP contribution in [0.3, 0.4) is 0 Å². The van der Waals surface area contributed by atoms with E-state index in [0.717, 1.165) is 44.7 Å². The lowest BCUT2D eigenvalue weighted by atomic mass is 9.82. The van der Waals surface area contributed by atoms with Gasteiger partial charge in [0.1, 0.15) is 11.2 Å². The summed E-state index contributed by atoms with van der Waals surface area (Å²) in [5, 5.41) is 4.76. The predicted molar refractivity (Wildman–Crippen MR) is 214 cm³/mol. The van der Waals surface area contributed by atoms with Crippen molar-refractivity contribution in [3.63, 3.8) is 0 Å². The molecule has 0 amide bonds. The third kappa shape index (κ3) is 4.64. The number of nitrogens with zero attached hydrogens (tertiary/aromatic N) is 1. The van der Waals surface area contributed by atoms with Crippen LogP contribution in [0.25, 0.3) is 66.1 Å². The Hall–Kier alpha value is -6.38. The number of furan rings is 1. The van der Waals surface area contributed by atoms with Gasteiger partial charge in [0.15, 0.2) is 0 Å². The molecule has 1 heterocycles. The SMILES string of the molecule is CC1(C)c2ccccc2-c2ccc(N(c3ccc(-c4ccccc4)cc3)c3ccc(-c4cccc5c4oc4ccc6ccccc6c45)cc3)cc21. The van der Waals surface area contributed by atoms with Gasteiger partial charge in [-0.05, 0) is 92.2 Å². The van der Waals surface area contributed by atoms with Crippen molar-refractivity contribution >= 4 is 49.8 Å². The minimum absolute atomic E-state index is 0.0920. The van der Waals surface area contributed by atoms with Crippen LogP contribution in [0, 0.1) is 0 Å². The standard InChI is InChI=1S/C49H35NO/c1-49(2)44-18-9-8-15-41(44)42-29-28-38(31-45(42)49)50(36-24-19-33(20-25-36)32-11-4-3-5-12-32)37-26-21-35(22-27-37)40-16-10-17-43-47-39-14-7-6-13-34(39)23-30-46(47)51-48(40)43/h3-31H,1-2H3. The van der Waals surface area contributed by atoms with Gasteiger partial charge in [0.2, 0.25) is 0 Å². The predicted octanol–water partition coefficient (Wildman–Crippen LogP) is 13.8. The van der Waals surface area contributed by atoms with Gasteiger partial charge in [-0.3, -0.25) is 0 Å². The van der Waals surface area contributed by atoms with Crippen molar-refractivity contribution in [3.8, 4) is 33.4 Å². The zero-order valence-electron chi connectivity index (χ0n) is 28.6. The third-order valence-electron chi connectivity index (χ3n) is 10.9. The summed E-state index contributed by atoms with van der Waals surface area (Å²) in [4.78, 5) is 2.38. The van der Waals surface area contributed by atoms with E-state index in [-0.39, 0.29) is 5.41 Å². The molecule has 0 aliphatic heterocycles. The number of para-hydroxylation sites is 1. The number of hydrogen-bond donors (Lipinski definition) is 0. The lowest BCUT2D eigenvalue weighted by Crippen LogP contribution is -2.16. The summed E-state index contributed by atoms with van der Waals surface area (Å²) in [5.41, 5.74) is 15.1. The molecule has 0 N–H and O–H groups in total. The Morgan fingerprint density at radius 2 is 1.04 bits per heavy atom. The Kier molecular flexibility index (Phi) is 6.56. The van der Waals surface area contributed by atoms with Gasteiger partial charge >= 0.3 is 0 Å². The van der Waals surface area contributed by atoms with Crippen molar-refractivity contribution < 1.29 is 4.42 Å². The molecule has 0 saturated carbocycles. The van der Waals surface area contributed by atoms with Gasteiger partial charge in [-0.15, -0.1) is 0 Å². The molecule has 0 bridgehead atoms. The van der Waals surface area contributed by atoms with E-state index in [1.165, 1.54) is 49.5 Å². The molecule has 1 aliphatic carbocycles. The van der Waals surface area contributed by atoms with Gasteiger partial charge in [-0.2, -0.15) is 0 Å². The van der Waals surface area contributed by atoms with Crippen LogP contribution in [0.5, 0.6) is 0 Å². The Balaban J connectivity index is 1.09. The molecule has 1 aromatic heterocycles. The van der Waals surface area contributed by atoms with Gasteiger partial charge in [-0.1, -0.05) is 147 Å². The van der Waals surface area contributed by atoms with Gasteiger partial charge in [0.25, 0.3) is 0 Å². The third-order valence-corrected chi connectivity index (χ3v) is 10.9. The van der Waals surface area contributed by atoms with Crippen molar-refractivity contribution in [1.29, 1.82) is 0 Å². The average molecular weight is 654 g/mol. The summed E-state index contributed by atoms with van der Waals surface area (Å²) in [6, 6.07) is 63.6. The van der Waals surface area contributed by atoms with Crippen LogP contribution in [0.2, 0.25) is 0 Å². The average Bonchev–Trinajstić information content (AvgIpc) is 3.68. The fraction of sp³-hybridized carbons (Fsp3) is 0.0612. The Bertz CT molecular complexity index is 2750. The first-order chi connectivity index (χ1) is 25.0. The van der Waals surface area contributed by atoms with Gasteiger partial charge in [0.05, 0.1) is 0 Å². The molecule has 0 fully saturated rings. The molecule has 242 valence electrons. The number of fused-ring (bicyclic) bond motifs is 8. The molecule has 0 atom stereocenters. The molecule has 10 rings (SSSR count). The van der Waals surface area contributed by atoms with Crippen LogP contribution >= 0.6 is 0 Å². The summed E-state index contributed by atoms with van der Waals surface area (Å²) in [6.45, 7) is 4.69. The summed E-state index contributed by atoms with van der Waals surface area (Å²) in [5.74, 6) is 0. The maximum Gasteiger partial charge on any atom is 0.143 e. The van der Waals surface area contributed by atoms with Gasteiger partial charge < -0.3 is 9.32 Å². The normalized spacial score (nSPS) is 13.1. The van der Waals surface area contributed by atoms with E-state index in [9.17, 15) is 0 Å². The highest BCUT2D eigenvalue weighted by Gasteiger charge is 2.35. The highest BCUT2D eigenvalue weighted by molar-refractivity contribution is 6.20. The monoisotopic (exact) mass is 653 g/mol. The second-order valence-corrected chi connectivity index (χ2v) is 14.1. The maximum atomic E-state index is 6.59. The van der Waals surface area contributed by atoms with Crippen molar-refractivity contribution in [2.24, 2.45) is 0 Å². The second kappa shape index (κ2) is 11.3. The summed E-state index contributed by atoms with van der Waals surface area (Å²) >= 11 is 0. The zero-order valence-corrected chi connectivity index (χ0v) is 28.6. The van der Waals surface area contributed by atoms with E-state index in [2.05, 4.69) is 195 Å². The summed E-state index contributed by atoms with van der Waals surface area (Å²) in [6.07, 6.45) is 0. The van der Waals surface area contributed by atoms with E-state index >= 15 is 0 Å². The number of rotatable bonds is 5. The van der Waals surface area contributed by atoms with Crippen molar-refractivity contribution in [1.82, 2.24) is 0 Å². The van der Waals surface area contributed by atoms with E-state index < -0.39 is 0 Å². The Labute approximate surface area is 297 Å². The summed E-state index contributed by atoms with van der Waals surface area (Å²) in [7, 11) is 0. The molecule has 0 spiro atoms. The van der Waals surface area contributed by atoms with Crippen molar-refractivity contribution in [2.75, 3.05) is 4.90 Å². The zero-order chi connectivity index (χ0) is 34.1. The molecule has 0 unspecified atom stereocenters. The molecule has 0 radical (unpaired) electrons.